The molecule has 6 nitrogen and oxygen atoms in total. The fourth-order valence-corrected chi connectivity index (χ4v) is 4.05. The van der Waals surface area contributed by atoms with Crippen LogP contribution in [-0.4, -0.2) is 16.0 Å². The highest BCUT2D eigenvalue weighted by Crippen LogP contribution is 2.30. The van der Waals surface area contributed by atoms with Crippen LogP contribution in [0.2, 0.25) is 5.02 Å². The second-order valence-corrected chi connectivity index (χ2v) is 7.34. The lowest BCUT2D eigenvalue weighted by molar-refractivity contribution is 0.0483. The molecular formula is C21H29ClN4O2. The molecule has 28 heavy (non-hydrogen) atoms. The van der Waals surface area contributed by atoms with Gasteiger partial charge in [-0.2, -0.15) is 0 Å². The Bertz CT molecular complexity index is 849. The Balaban J connectivity index is 0.00000109. The molecule has 1 aromatic carbocycles. The fraction of sp³-hybridized carbons (Fsp3) is 0.524. The topological polar surface area (TPSA) is 70.2 Å². The summed E-state index contributed by atoms with van der Waals surface area (Å²) in [6.45, 7) is 6.71. The third kappa shape index (κ3) is 4.40. The number of aromatic nitrogens is 2. The molecule has 2 N–H and O–H groups in total. The van der Waals surface area contributed by atoms with Gasteiger partial charge in [-0.05, 0) is 31.4 Å². The molecule has 1 unspecified atom stereocenters. The molecule has 0 amide bonds. The van der Waals surface area contributed by atoms with Gasteiger partial charge in [0.2, 0.25) is 0 Å². The van der Waals surface area contributed by atoms with E-state index in [2.05, 4.69) is 20.4 Å². The first-order chi connectivity index (χ1) is 13.6. The van der Waals surface area contributed by atoms with Crippen molar-refractivity contribution in [2.75, 3.05) is 5.01 Å². The van der Waals surface area contributed by atoms with Crippen molar-refractivity contribution in [1.82, 2.24) is 15.4 Å². The fourth-order valence-electron chi connectivity index (χ4n) is 3.76. The summed E-state index contributed by atoms with van der Waals surface area (Å²) in [6, 6.07) is 8.03. The Hall–Kier alpha value is -1.89. The maximum atomic E-state index is 12.4. The zero-order chi connectivity index (χ0) is 20.1. The van der Waals surface area contributed by atoms with Gasteiger partial charge in [0.15, 0.2) is 5.82 Å². The number of hydrogen-bond acceptors (Lipinski definition) is 5. The second kappa shape index (κ2) is 9.54. The van der Waals surface area contributed by atoms with Crippen molar-refractivity contribution in [1.29, 1.82) is 0 Å². The quantitative estimate of drug-likeness (QED) is 0.768. The lowest BCUT2D eigenvalue weighted by atomic mass is 10.1. The van der Waals surface area contributed by atoms with Crippen LogP contribution in [0.4, 0.5) is 5.82 Å². The number of ether oxygens (including phenoxy) is 1. The van der Waals surface area contributed by atoms with Gasteiger partial charge in [0.25, 0.3) is 5.56 Å². The predicted molar refractivity (Wildman–Crippen MR) is 112 cm³/mol. The van der Waals surface area contributed by atoms with E-state index in [1.54, 1.807) is 0 Å². The highest BCUT2D eigenvalue weighted by molar-refractivity contribution is 6.31. The minimum atomic E-state index is -0.189. The zero-order valence-electron chi connectivity index (χ0n) is 16.8. The Kier molecular flexibility index (Phi) is 7.10. The predicted octanol–water partition coefficient (Wildman–Crippen LogP) is 4.49. The second-order valence-electron chi connectivity index (χ2n) is 6.93. The molecule has 4 rings (SSSR count). The average Bonchev–Trinajstić information content (AvgIpc) is 3.38. The van der Waals surface area contributed by atoms with Gasteiger partial charge in [0, 0.05) is 17.6 Å². The number of hydrazine groups is 1. The van der Waals surface area contributed by atoms with E-state index < -0.39 is 0 Å². The zero-order valence-corrected chi connectivity index (χ0v) is 17.6. The van der Waals surface area contributed by atoms with Crippen LogP contribution >= 0.6 is 11.6 Å². The van der Waals surface area contributed by atoms with Gasteiger partial charge >= 0.3 is 0 Å². The lowest BCUT2D eigenvalue weighted by Crippen LogP contribution is -2.40. The largest absolute Gasteiger partial charge is 0.366 e. The van der Waals surface area contributed by atoms with E-state index in [1.807, 2.05) is 45.0 Å². The summed E-state index contributed by atoms with van der Waals surface area (Å²) in [6.07, 6.45) is 4.54. The SMILES string of the molecule is CC.CC(OCc1nc2c(c(=O)[nH]1)CNN2C1CCCC1)c1ccccc1Cl. The summed E-state index contributed by atoms with van der Waals surface area (Å²) in [5.74, 6) is 1.30. The van der Waals surface area contributed by atoms with Gasteiger partial charge in [-0.1, -0.05) is 56.5 Å². The summed E-state index contributed by atoms with van der Waals surface area (Å²) < 4.78 is 5.91. The molecule has 2 aliphatic rings. The molecule has 1 aliphatic carbocycles. The van der Waals surface area contributed by atoms with Gasteiger partial charge < -0.3 is 9.72 Å². The molecule has 2 heterocycles. The first kappa shape index (κ1) is 20.8. The van der Waals surface area contributed by atoms with Crippen molar-refractivity contribution in [3.63, 3.8) is 0 Å². The number of nitrogens with one attached hydrogen (secondary N) is 2. The summed E-state index contributed by atoms with van der Waals surface area (Å²) in [4.78, 5) is 19.9. The normalized spacial score (nSPS) is 17.2. The number of H-pyrrole nitrogens is 1. The highest BCUT2D eigenvalue weighted by atomic mass is 35.5. The van der Waals surface area contributed by atoms with E-state index in [1.165, 1.54) is 12.8 Å². The Morgan fingerprint density at radius 1 is 1.29 bits per heavy atom. The monoisotopic (exact) mass is 404 g/mol. The van der Waals surface area contributed by atoms with Crippen molar-refractivity contribution in [2.24, 2.45) is 0 Å². The maximum Gasteiger partial charge on any atom is 0.257 e. The van der Waals surface area contributed by atoms with Crippen LogP contribution in [0, 0.1) is 0 Å². The van der Waals surface area contributed by atoms with Crippen molar-refractivity contribution in [3.05, 3.63) is 56.6 Å². The number of nitrogens with zero attached hydrogens (tertiary/aromatic N) is 2. The number of halogens is 1. The average molecular weight is 405 g/mol. The van der Waals surface area contributed by atoms with Crippen molar-refractivity contribution < 1.29 is 4.74 Å². The lowest BCUT2D eigenvalue weighted by Gasteiger charge is -2.25. The molecule has 2 aromatic rings. The molecule has 1 aliphatic heterocycles. The molecule has 1 aromatic heterocycles. The smallest absolute Gasteiger partial charge is 0.257 e. The molecule has 1 atom stereocenters. The minimum absolute atomic E-state index is 0.0907. The van der Waals surface area contributed by atoms with Crippen molar-refractivity contribution >= 4 is 17.4 Å². The minimum Gasteiger partial charge on any atom is -0.366 e. The number of anilines is 1. The summed E-state index contributed by atoms with van der Waals surface area (Å²) >= 11 is 6.23. The summed E-state index contributed by atoms with van der Waals surface area (Å²) in [7, 11) is 0. The molecule has 0 spiro atoms. The molecule has 7 heteroatoms. The molecule has 0 radical (unpaired) electrons. The van der Waals surface area contributed by atoms with Gasteiger partial charge in [0.05, 0.1) is 11.7 Å². The Morgan fingerprint density at radius 3 is 2.71 bits per heavy atom. The van der Waals surface area contributed by atoms with E-state index in [-0.39, 0.29) is 18.3 Å². The third-order valence-corrected chi connectivity index (χ3v) is 5.54. The van der Waals surface area contributed by atoms with Crippen molar-refractivity contribution in [2.45, 2.75) is 71.8 Å². The van der Waals surface area contributed by atoms with Gasteiger partial charge in [-0.3, -0.25) is 9.80 Å². The van der Waals surface area contributed by atoms with Crippen LogP contribution < -0.4 is 16.0 Å². The van der Waals surface area contributed by atoms with Crippen LogP contribution in [-0.2, 0) is 17.9 Å². The van der Waals surface area contributed by atoms with Crippen LogP contribution in [0.25, 0.3) is 0 Å². The van der Waals surface area contributed by atoms with Crippen LogP contribution in [0.1, 0.15) is 69.5 Å². The maximum absolute atomic E-state index is 12.4. The number of aromatic amines is 1. The molecule has 0 saturated heterocycles. The number of hydrogen-bond donors (Lipinski definition) is 2. The Morgan fingerprint density at radius 2 is 2.00 bits per heavy atom. The molecule has 152 valence electrons. The first-order valence-electron chi connectivity index (χ1n) is 10.1. The number of benzene rings is 1. The van der Waals surface area contributed by atoms with E-state index in [4.69, 9.17) is 16.3 Å². The van der Waals surface area contributed by atoms with Crippen LogP contribution in [0.15, 0.2) is 29.1 Å². The van der Waals surface area contributed by atoms with Gasteiger partial charge in [0.1, 0.15) is 12.4 Å². The van der Waals surface area contributed by atoms with E-state index >= 15 is 0 Å². The summed E-state index contributed by atoms with van der Waals surface area (Å²) in [5, 5.41) is 2.76. The van der Waals surface area contributed by atoms with E-state index in [0.717, 1.165) is 24.2 Å². The van der Waals surface area contributed by atoms with Crippen molar-refractivity contribution in [3.8, 4) is 0 Å². The molecule has 0 bridgehead atoms. The van der Waals surface area contributed by atoms with E-state index in [9.17, 15) is 4.79 Å². The standard InChI is InChI=1S/C19H23ClN4O2.C2H6/c1-12(14-8-4-5-9-16(14)20)26-11-17-22-18-15(19(25)23-17)10-21-24(18)13-6-2-3-7-13;1-2/h4-5,8-9,12-13,21H,2-3,6-7,10-11H2,1H3,(H,22,23,25);1-2H3. The molecular weight excluding hydrogens is 376 g/mol. The first-order valence-corrected chi connectivity index (χ1v) is 10.5. The molecule has 1 saturated carbocycles. The third-order valence-electron chi connectivity index (χ3n) is 5.20. The molecule has 1 fully saturated rings. The highest BCUT2D eigenvalue weighted by Gasteiger charge is 2.31. The van der Waals surface area contributed by atoms with Crippen LogP contribution in [0.5, 0.6) is 0 Å². The number of fused-ring (bicyclic) bond motifs is 1. The Labute approximate surface area is 171 Å². The van der Waals surface area contributed by atoms with Gasteiger partial charge in [-0.15, -0.1) is 0 Å². The van der Waals surface area contributed by atoms with Crippen LogP contribution in [0.3, 0.4) is 0 Å². The number of rotatable bonds is 5. The van der Waals surface area contributed by atoms with Gasteiger partial charge in [-0.25, -0.2) is 10.4 Å². The summed E-state index contributed by atoms with van der Waals surface area (Å²) in [5.41, 5.74) is 4.86. The van der Waals surface area contributed by atoms with E-state index in [0.29, 0.717) is 29.0 Å².